The Morgan fingerprint density at radius 2 is 1.57 bits per heavy atom. The summed E-state index contributed by atoms with van der Waals surface area (Å²) in [6.07, 6.45) is -10.7. The van der Waals surface area contributed by atoms with Crippen LogP contribution < -0.4 is 0 Å². The van der Waals surface area contributed by atoms with E-state index in [1.54, 1.807) is 0 Å². The van der Waals surface area contributed by atoms with Gasteiger partial charge in [0.25, 0.3) is 5.78 Å². The van der Waals surface area contributed by atoms with Crippen molar-refractivity contribution in [3.8, 4) is 0 Å². The van der Waals surface area contributed by atoms with Crippen LogP contribution in [0.4, 0.5) is 35.1 Å². The zero-order valence-electron chi connectivity index (χ0n) is 10.5. The average Bonchev–Trinajstić information content (AvgIpc) is 2.48. The first-order valence-corrected chi connectivity index (χ1v) is 6.07. The SMILES string of the molecule is O=C(F)C(=O)c1c(F)c(F)c(Cl)c2c1C(F)(F)C(F)C(F)C2F. The molecule has 2 rings (SSSR count). The van der Waals surface area contributed by atoms with E-state index in [1.807, 2.05) is 0 Å². The molecular weight excluding hydrogens is 364 g/mol. The molecule has 0 aliphatic heterocycles. The van der Waals surface area contributed by atoms with Crippen LogP contribution in [0.25, 0.3) is 0 Å². The van der Waals surface area contributed by atoms with Gasteiger partial charge in [0.05, 0.1) is 10.6 Å². The van der Waals surface area contributed by atoms with Crippen LogP contribution in [-0.4, -0.2) is 24.2 Å². The lowest BCUT2D eigenvalue weighted by Gasteiger charge is -2.35. The van der Waals surface area contributed by atoms with E-state index in [0.29, 0.717) is 0 Å². The van der Waals surface area contributed by atoms with Gasteiger partial charge in [-0.2, -0.15) is 13.2 Å². The van der Waals surface area contributed by atoms with Gasteiger partial charge in [-0.25, -0.2) is 22.0 Å². The van der Waals surface area contributed by atoms with Crippen molar-refractivity contribution < 1.29 is 44.7 Å². The summed E-state index contributed by atoms with van der Waals surface area (Å²) in [7, 11) is 0. The van der Waals surface area contributed by atoms with E-state index in [4.69, 9.17) is 11.6 Å². The molecule has 11 heteroatoms. The Bertz CT molecular complexity index is 720. The lowest BCUT2D eigenvalue weighted by molar-refractivity contribution is -0.132. The molecule has 3 unspecified atom stereocenters. The maximum atomic E-state index is 13.9. The van der Waals surface area contributed by atoms with Crippen molar-refractivity contribution in [2.75, 3.05) is 0 Å². The number of rotatable bonds is 2. The number of benzene rings is 1. The Morgan fingerprint density at radius 1 is 1.04 bits per heavy atom. The van der Waals surface area contributed by atoms with Crippen LogP contribution in [-0.2, 0) is 10.7 Å². The molecule has 0 amide bonds. The molecule has 2 nitrogen and oxygen atoms in total. The molecule has 1 aliphatic rings. The minimum Gasteiger partial charge on any atom is -0.282 e. The molecule has 0 bridgehead atoms. The van der Waals surface area contributed by atoms with Gasteiger partial charge in [0.15, 0.2) is 24.0 Å². The standard InChI is InChI=1S/C12H3ClF8O2/c13-4-1-3(12(20,21)10(18)8(17)5(1)14)2(6(15)7(4)16)9(22)11(19)23/h5,8,10H. The monoisotopic (exact) mass is 366 g/mol. The van der Waals surface area contributed by atoms with E-state index < -0.39 is 69.6 Å². The van der Waals surface area contributed by atoms with Crippen LogP contribution in [0, 0.1) is 11.6 Å². The summed E-state index contributed by atoms with van der Waals surface area (Å²) in [6, 6.07) is -2.99. The lowest BCUT2D eigenvalue weighted by Crippen LogP contribution is -2.45. The molecule has 1 aliphatic carbocycles. The third-order valence-electron chi connectivity index (χ3n) is 3.28. The van der Waals surface area contributed by atoms with Crippen LogP contribution in [0.5, 0.6) is 0 Å². The van der Waals surface area contributed by atoms with Crippen molar-refractivity contribution in [2.45, 2.75) is 24.4 Å². The smallest absolute Gasteiger partial charge is 0.282 e. The summed E-state index contributed by atoms with van der Waals surface area (Å²) >= 11 is 5.14. The first-order valence-electron chi connectivity index (χ1n) is 5.69. The highest BCUT2D eigenvalue weighted by atomic mass is 35.5. The first kappa shape index (κ1) is 17.6. The Balaban J connectivity index is 3.01. The summed E-state index contributed by atoms with van der Waals surface area (Å²) in [5, 5.41) is -1.66. The van der Waals surface area contributed by atoms with Gasteiger partial charge in [-0.15, -0.1) is 0 Å². The molecule has 0 heterocycles. The summed E-state index contributed by atoms with van der Waals surface area (Å²) in [5.41, 5.74) is -6.16. The van der Waals surface area contributed by atoms with Crippen molar-refractivity contribution >= 4 is 23.4 Å². The van der Waals surface area contributed by atoms with Crippen molar-refractivity contribution in [3.63, 3.8) is 0 Å². The summed E-state index contributed by atoms with van der Waals surface area (Å²) < 4.78 is 108. The first-order chi connectivity index (χ1) is 10.4. The minimum atomic E-state index is -5.06. The fourth-order valence-corrected chi connectivity index (χ4v) is 2.52. The Morgan fingerprint density at radius 3 is 2.04 bits per heavy atom. The maximum absolute atomic E-state index is 13.9. The van der Waals surface area contributed by atoms with Crippen molar-refractivity contribution in [2.24, 2.45) is 0 Å². The van der Waals surface area contributed by atoms with Gasteiger partial charge < -0.3 is 0 Å². The van der Waals surface area contributed by atoms with Crippen LogP contribution in [0.2, 0.25) is 5.02 Å². The number of carbonyl (C=O) groups excluding carboxylic acids is 2. The van der Waals surface area contributed by atoms with Crippen LogP contribution in [0.1, 0.15) is 27.7 Å². The molecule has 0 aromatic heterocycles. The normalized spacial score (nSPS) is 25.9. The fourth-order valence-electron chi connectivity index (χ4n) is 2.24. The number of hydrogen-bond donors (Lipinski definition) is 0. The predicted octanol–water partition coefficient (Wildman–Crippen LogP) is 4.09. The Labute approximate surface area is 127 Å². The number of fused-ring (bicyclic) bond motifs is 1. The highest BCUT2D eigenvalue weighted by molar-refractivity contribution is 6.41. The molecule has 0 radical (unpaired) electrons. The van der Waals surface area contributed by atoms with Crippen LogP contribution >= 0.6 is 11.6 Å². The van der Waals surface area contributed by atoms with Gasteiger partial charge in [-0.1, -0.05) is 11.6 Å². The molecular formula is C12H3ClF8O2. The number of Topliss-reactive ketones (excluding diaryl/α,β-unsaturated/α-hetero) is 1. The quantitative estimate of drug-likeness (QED) is 0.260. The van der Waals surface area contributed by atoms with Gasteiger partial charge in [0.2, 0.25) is 6.17 Å². The molecule has 0 saturated carbocycles. The minimum absolute atomic E-state index is 1.66. The molecule has 0 saturated heterocycles. The highest BCUT2D eigenvalue weighted by Crippen LogP contribution is 2.53. The number of ketones is 1. The van der Waals surface area contributed by atoms with Gasteiger partial charge in [-0.05, 0) is 0 Å². The summed E-state index contributed by atoms with van der Waals surface area (Å²) in [6.45, 7) is 0. The molecule has 23 heavy (non-hydrogen) atoms. The highest BCUT2D eigenvalue weighted by Gasteiger charge is 2.59. The van der Waals surface area contributed by atoms with Gasteiger partial charge in [-0.3, -0.25) is 9.59 Å². The van der Waals surface area contributed by atoms with Gasteiger partial charge in [0, 0.05) is 11.1 Å². The van der Waals surface area contributed by atoms with Crippen molar-refractivity contribution in [1.82, 2.24) is 0 Å². The van der Waals surface area contributed by atoms with Crippen molar-refractivity contribution in [1.29, 1.82) is 0 Å². The van der Waals surface area contributed by atoms with Crippen LogP contribution in [0.15, 0.2) is 0 Å². The third kappa shape index (κ3) is 2.30. The topological polar surface area (TPSA) is 34.1 Å². The largest absolute Gasteiger partial charge is 0.372 e. The number of hydrogen-bond acceptors (Lipinski definition) is 2. The molecule has 0 fully saturated rings. The molecule has 0 spiro atoms. The van der Waals surface area contributed by atoms with E-state index in [-0.39, 0.29) is 0 Å². The van der Waals surface area contributed by atoms with E-state index >= 15 is 0 Å². The van der Waals surface area contributed by atoms with E-state index in [1.165, 1.54) is 0 Å². The molecule has 3 atom stereocenters. The van der Waals surface area contributed by atoms with Gasteiger partial charge in [0.1, 0.15) is 0 Å². The number of alkyl halides is 5. The predicted molar refractivity (Wildman–Crippen MR) is 59.3 cm³/mol. The summed E-state index contributed by atoms with van der Waals surface area (Å²) in [5.74, 6) is -12.4. The Kier molecular flexibility index (Phi) is 4.16. The molecule has 126 valence electrons. The number of carbonyl (C=O) groups is 2. The van der Waals surface area contributed by atoms with Crippen LogP contribution in [0.3, 0.4) is 0 Å². The number of halogens is 9. The van der Waals surface area contributed by atoms with E-state index in [9.17, 15) is 44.7 Å². The molecule has 1 aromatic carbocycles. The second-order valence-corrected chi connectivity index (χ2v) is 4.96. The van der Waals surface area contributed by atoms with E-state index in [0.717, 1.165) is 0 Å². The fraction of sp³-hybridized carbons (Fsp3) is 0.333. The van der Waals surface area contributed by atoms with Gasteiger partial charge >= 0.3 is 12.0 Å². The molecule has 1 aromatic rings. The average molecular weight is 367 g/mol. The zero-order valence-corrected chi connectivity index (χ0v) is 11.2. The lowest BCUT2D eigenvalue weighted by atomic mass is 9.80. The second-order valence-electron chi connectivity index (χ2n) is 4.58. The second kappa shape index (κ2) is 5.43. The zero-order chi connectivity index (χ0) is 17.9. The Hall–Kier alpha value is -1.71. The van der Waals surface area contributed by atoms with Crippen molar-refractivity contribution in [3.05, 3.63) is 33.3 Å². The summed E-state index contributed by atoms with van der Waals surface area (Å²) in [4.78, 5) is 21.6. The van der Waals surface area contributed by atoms with E-state index in [2.05, 4.69) is 0 Å². The maximum Gasteiger partial charge on any atom is 0.372 e. The molecule has 0 N–H and O–H groups in total. The third-order valence-corrected chi connectivity index (χ3v) is 3.65.